The smallest absolute Gasteiger partial charge is 0.128 e. The summed E-state index contributed by atoms with van der Waals surface area (Å²) >= 11 is 0. The Bertz CT molecular complexity index is 635. The molecule has 3 rings (SSSR count). The Labute approximate surface area is 164 Å². The Hall–Kier alpha value is -2.01. The van der Waals surface area contributed by atoms with Gasteiger partial charge in [-0.3, -0.25) is 4.90 Å². The summed E-state index contributed by atoms with van der Waals surface area (Å²) in [5.74, 6) is 1.78. The summed E-state index contributed by atoms with van der Waals surface area (Å²) in [7, 11) is 0. The number of piperazine rings is 1. The minimum atomic E-state index is 0.570. The Morgan fingerprint density at radius 3 is 2.30 bits per heavy atom. The Balaban J connectivity index is 1.44. The van der Waals surface area contributed by atoms with Crippen LogP contribution in [0.5, 0.6) is 0 Å². The van der Waals surface area contributed by atoms with Crippen molar-refractivity contribution in [2.75, 3.05) is 44.2 Å². The van der Waals surface area contributed by atoms with Gasteiger partial charge in [-0.05, 0) is 51.2 Å². The van der Waals surface area contributed by atoms with Gasteiger partial charge in [-0.2, -0.15) is 0 Å². The second-order valence-corrected chi connectivity index (χ2v) is 8.25. The standard InChI is InChI=1S/C22H35N5/c1-17(2)25-11-13-26(14-12-25)18(3)15-20-7-9-27(10-8-20)22-6-5-21(16-24-22)19(4)23/h5-6,16-17,20H,3-4,7-15,23H2,1-2H3. The van der Waals surface area contributed by atoms with Crippen molar-refractivity contribution in [3.05, 3.63) is 42.7 Å². The summed E-state index contributed by atoms with van der Waals surface area (Å²) in [6.07, 6.45) is 5.37. The third-order valence-electron chi connectivity index (χ3n) is 6.07. The Morgan fingerprint density at radius 2 is 1.78 bits per heavy atom. The first kappa shape index (κ1) is 19.7. The van der Waals surface area contributed by atoms with Crippen LogP contribution in [0.2, 0.25) is 0 Å². The normalized spacial score (nSPS) is 19.5. The van der Waals surface area contributed by atoms with E-state index < -0.39 is 0 Å². The Kier molecular flexibility index (Phi) is 6.42. The molecule has 0 bridgehead atoms. The van der Waals surface area contributed by atoms with Gasteiger partial charge < -0.3 is 15.5 Å². The first-order chi connectivity index (χ1) is 12.9. The molecule has 2 N–H and O–H groups in total. The molecule has 0 spiro atoms. The van der Waals surface area contributed by atoms with E-state index in [-0.39, 0.29) is 0 Å². The van der Waals surface area contributed by atoms with Gasteiger partial charge in [0.25, 0.3) is 0 Å². The molecule has 0 radical (unpaired) electrons. The van der Waals surface area contributed by atoms with Crippen molar-refractivity contribution in [1.29, 1.82) is 0 Å². The van der Waals surface area contributed by atoms with E-state index in [2.05, 4.69) is 52.8 Å². The van der Waals surface area contributed by atoms with Crippen LogP contribution < -0.4 is 10.6 Å². The van der Waals surface area contributed by atoms with Crippen molar-refractivity contribution in [2.45, 2.75) is 39.2 Å². The number of anilines is 1. The fraction of sp³-hybridized carbons (Fsp3) is 0.591. The predicted molar refractivity (Wildman–Crippen MR) is 114 cm³/mol. The van der Waals surface area contributed by atoms with Gasteiger partial charge in [-0.1, -0.05) is 13.2 Å². The van der Waals surface area contributed by atoms with Gasteiger partial charge in [0.15, 0.2) is 0 Å². The highest BCUT2D eigenvalue weighted by atomic mass is 15.3. The molecule has 2 aliphatic rings. The van der Waals surface area contributed by atoms with Gasteiger partial charge in [0.2, 0.25) is 0 Å². The van der Waals surface area contributed by atoms with Crippen molar-refractivity contribution in [3.63, 3.8) is 0 Å². The molecule has 2 saturated heterocycles. The molecule has 5 heteroatoms. The molecule has 0 unspecified atom stereocenters. The van der Waals surface area contributed by atoms with Crippen molar-refractivity contribution < 1.29 is 0 Å². The number of aromatic nitrogens is 1. The van der Waals surface area contributed by atoms with Crippen LogP contribution in [0, 0.1) is 5.92 Å². The number of nitrogens with two attached hydrogens (primary N) is 1. The maximum absolute atomic E-state index is 5.73. The highest BCUT2D eigenvalue weighted by molar-refractivity contribution is 5.60. The molecule has 5 nitrogen and oxygen atoms in total. The quantitative estimate of drug-likeness (QED) is 0.835. The molecule has 2 aliphatic heterocycles. The lowest BCUT2D eigenvalue weighted by atomic mass is 9.92. The van der Waals surface area contributed by atoms with E-state index in [9.17, 15) is 0 Å². The highest BCUT2D eigenvalue weighted by Crippen LogP contribution is 2.28. The summed E-state index contributed by atoms with van der Waals surface area (Å²) < 4.78 is 0. The molecule has 0 atom stereocenters. The van der Waals surface area contributed by atoms with Crippen LogP contribution in [0.25, 0.3) is 5.70 Å². The van der Waals surface area contributed by atoms with Gasteiger partial charge in [-0.25, -0.2) is 4.98 Å². The minimum absolute atomic E-state index is 0.570. The van der Waals surface area contributed by atoms with Gasteiger partial charge in [0.05, 0.1) is 0 Å². The van der Waals surface area contributed by atoms with Gasteiger partial charge >= 0.3 is 0 Å². The highest BCUT2D eigenvalue weighted by Gasteiger charge is 2.24. The molecule has 1 aromatic rings. The molecule has 148 valence electrons. The van der Waals surface area contributed by atoms with E-state index in [0.29, 0.717) is 11.7 Å². The molecule has 0 aromatic carbocycles. The average Bonchev–Trinajstić information content (AvgIpc) is 2.68. The molecule has 0 amide bonds. The summed E-state index contributed by atoms with van der Waals surface area (Å²) in [4.78, 5) is 12.0. The molecule has 27 heavy (non-hydrogen) atoms. The van der Waals surface area contributed by atoms with Crippen LogP contribution in [0.4, 0.5) is 5.82 Å². The number of piperidine rings is 1. The summed E-state index contributed by atoms with van der Waals surface area (Å²) in [5, 5.41) is 0. The molecular weight excluding hydrogens is 334 g/mol. The number of nitrogens with zero attached hydrogens (tertiary/aromatic N) is 4. The number of hydrogen-bond donors (Lipinski definition) is 1. The van der Waals surface area contributed by atoms with E-state index in [0.717, 1.165) is 63.0 Å². The van der Waals surface area contributed by atoms with Crippen molar-refractivity contribution in [3.8, 4) is 0 Å². The van der Waals surface area contributed by atoms with E-state index in [1.807, 2.05) is 12.3 Å². The maximum Gasteiger partial charge on any atom is 0.128 e. The first-order valence-corrected chi connectivity index (χ1v) is 10.3. The summed E-state index contributed by atoms with van der Waals surface area (Å²) in [5.41, 5.74) is 8.54. The first-order valence-electron chi connectivity index (χ1n) is 10.3. The zero-order valence-electron chi connectivity index (χ0n) is 17.0. The van der Waals surface area contributed by atoms with E-state index in [4.69, 9.17) is 5.73 Å². The third-order valence-corrected chi connectivity index (χ3v) is 6.07. The van der Waals surface area contributed by atoms with Crippen LogP contribution in [0.1, 0.15) is 38.7 Å². The fourth-order valence-electron chi connectivity index (χ4n) is 4.15. The van der Waals surface area contributed by atoms with Crippen molar-refractivity contribution in [2.24, 2.45) is 11.7 Å². The minimum Gasteiger partial charge on any atom is -0.399 e. The molecule has 3 heterocycles. The number of rotatable bonds is 6. The molecule has 1 aromatic heterocycles. The van der Waals surface area contributed by atoms with E-state index >= 15 is 0 Å². The van der Waals surface area contributed by atoms with Gasteiger partial charge in [0.1, 0.15) is 5.82 Å². The summed E-state index contributed by atoms with van der Waals surface area (Å²) in [6, 6.07) is 4.71. The predicted octanol–water partition coefficient (Wildman–Crippen LogP) is 3.16. The lowest BCUT2D eigenvalue weighted by Gasteiger charge is -2.40. The largest absolute Gasteiger partial charge is 0.399 e. The zero-order valence-corrected chi connectivity index (χ0v) is 17.0. The molecular formula is C22H35N5. The van der Waals surface area contributed by atoms with Crippen LogP contribution in [0.15, 0.2) is 37.2 Å². The Morgan fingerprint density at radius 1 is 1.11 bits per heavy atom. The van der Waals surface area contributed by atoms with Crippen molar-refractivity contribution in [1.82, 2.24) is 14.8 Å². The van der Waals surface area contributed by atoms with Crippen LogP contribution in [-0.2, 0) is 0 Å². The van der Waals surface area contributed by atoms with Crippen LogP contribution in [-0.4, -0.2) is 60.1 Å². The summed E-state index contributed by atoms with van der Waals surface area (Å²) in [6.45, 7) is 19.4. The molecule has 0 saturated carbocycles. The molecule has 0 aliphatic carbocycles. The second-order valence-electron chi connectivity index (χ2n) is 8.25. The zero-order chi connectivity index (χ0) is 19.4. The fourth-order valence-corrected chi connectivity index (χ4v) is 4.15. The lowest BCUT2D eigenvalue weighted by molar-refractivity contribution is 0.125. The third kappa shape index (κ3) is 5.04. The lowest BCUT2D eigenvalue weighted by Crippen LogP contribution is -2.48. The van der Waals surface area contributed by atoms with Gasteiger partial charge in [0, 0.05) is 68.5 Å². The SMILES string of the molecule is C=C(N)c1ccc(N2CCC(CC(=C)N3CCN(C(C)C)CC3)CC2)nc1. The van der Waals surface area contributed by atoms with E-state index in [1.165, 1.54) is 18.5 Å². The van der Waals surface area contributed by atoms with Crippen LogP contribution in [0.3, 0.4) is 0 Å². The molecule has 2 fully saturated rings. The number of pyridine rings is 1. The second kappa shape index (κ2) is 8.79. The number of hydrogen-bond acceptors (Lipinski definition) is 5. The van der Waals surface area contributed by atoms with Crippen LogP contribution >= 0.6 is 0 Å². The van der Waals surface area contributed by atoms with Crippen molar-refractivity contribution >= 4 is 11.5 Å². The topological polar surface area (TPSA) is 48.6 Å². The van der Waals surface area contributed by atoms with E-state index in [1.54, 1.807) is 0 Å². The number of allylic oxidation sites excluding steroid dienone is 1. The maximum atomic E-state index is 5.73. The monoisotopic (exact) mass is 369 g/mol. The van der Waals surface area contributed by atoms with Gasteiger partial charge in [-0.15, -0.1) is 0 Å². The average molecular weight is 370 g/mol.